The van der Waals surface area contributed by atoms with Crippen LogP contribution in [0.3, 0.4) is 0 Å². The van der Waals surface area contributed by atoms with Gasteiger partial charge in [-0.1, -0.05) is 42.0 Å². The van der Waals surface area contributed by atoms with Gasteiger partial charge in [-0.3, -0.25) is 0 Å². The summed E-state index contributed by atoms with van der Waals surface area (Å²) in [6.45, 7) is 7.17. The van der Waals surface area contributed by atoms with Crippen LogP contribution in [0, 0.1) is 6.92 Å². The smallest absolute Gasteiger partial charge is 0.344 e. The number of ether oxygens (including phenoxy) is 4. The second kappa shape index (κ2) is 15.0. The number of hydrogen-bond acceptors (Lipinski definition) is 8. The van der Waals surface area contributed by atoms with Crippen molar-refractivity contribution >= 4 is 27.0 Å². The molecule has 0 atom stereocenters. The average Bonchev–Trinajstić information content (AvgIpc) is 2.96. The molecule has 0 aliphatic rings. The minimum atomic E-state index is -4.27. The topological polar surface area (TPSA) is 111 Å². The van der Waals surface area contributed by atoms with Crippen LogP contribution in [0.15, 0.2) is 117 Å². The fraction of sp³-hybridized carbons (Fsp3) is 0.242. The van der Waals surface area contributed by atoms with Gasteiger partial charge in [0.05, 0.1) is 19.1 Å². The van der Waals surface area contributed by atoms with Gasteiger partial charge >= 0.3 is 5.97 Å². The molecule has 0 spiro atoms. The number of aryl methyl sites for hydroxylation is 1. The van der Waals surface area contributed by atoms with Crippen molar-refractivity contribution in [1.29, 1.82) is 0 Å². The van der Waals surface area contributed by atoms with Crippen molar-refractivity contribution in [2.75, 3.05) is 20.8 Å². The number of benzene rings is 4. The van der Waals surface area contributed by atoms with Crippen LogP contribution in [-0.4, -0.2) is 45.4 Å². The van der Waals surface area contributed by atoms with E-state index in [9.17, 15) is 17.8 Å². The molecule has 0 bridgehead atoms. The molecule has 0 aliphatic heterocycles. The zero-order valence-electron chi connectivity index (χ0n) is 25.0. The fourth-order valence-corrected chi connectivity index (χ4v) is 6.59. The Bertz CT molecular complexity index is 1550. The number of carbonyl (C=O) groups excluding carboxylic acids is 1. The van der Waals surface area contributed by atoms with E-state index in [1.807, 2.05) is 88.4 Å². The Kier molecular flexibility index (Phi) is 11.7. The summed E-state index contributed by atoms with van der Waals surface area (Å²) in [5.41, 5.74) is 0.389. The number of methoxy groups -OCH3 is 2. The Balaban J connectivity index is 0.000000386. The summed E-state index contributed by atoms with van der Waals surface area (Å²) in [4.78, 5) is 15.0. The second-order valence-corrected chi connectivity index (χ2v) is 13.6. The van der Waals surface area contributed by atoms with Crippen LogP contribution in [0.4, 0.5) is 0 Å². The molecule has 228 valence electrons. The molecule has 0 amide bonds. The SMILES string of the molecule is COc1ccccc1[S+](c1ccc(OCC(=O)OC(C)(C)C)cc1)c1ccccc1OC.Cc1ccc(S(=O)(=O)[O-])cc1. The molecule has 10 heteroatoms. The van der Waals surface area contributed by atoms with Gasteiger partial charge in [0.1, 0.15) is 32.4 Å². The molecule has 0 saturated carbocycles. The van der Waals surface area contributed by atoms with Gasteiger partial charge in [-0.05, 0) is 88.4 Å². The molecule has 0 saturated heterocycles. The third-order valence-electron chi connectivity index (χ3n) is 5.72. The lowest BCUT2D eigenvalue weighted by molar-refractivity contribution is -0.157. The predicted molar refractivity (Wildman–Crippen MR) is 165 cm³/mol. The number of carbonyl (C=O) groups is 1. The lowest BCUT2D eigenvalue weighted by atomic mass is 10.2. The van der Waals surface area contributed by atoms with Gasteiger partial charge in [0.15, 0.2) is 23.0 Å². The van der Waals surface area contributed by atoms with Crippen molar-refractivity contribution in [3.05, 3.63) is 103 Å². The molecule has 4 rings (SSSR count). The molecule has 0 N–H and O–H groups in total. The van der Waals surface area contributed by atoms with Crippen molar-refractivity contribution in [2.24, 2.45) is 0 Å². The summed E-state index contributed by atoms with van der Waals surface area (Å²) >= 11 is 0. The summed E-state index contributed by atoms with van der Waals surface area (Å²) in [7, 11) is -1.39. The van der Waals surface area contributed by atoms with Gasteiger partial charge in [0.25, 0.3) is 0 Å². The Morgan fingerprint density at radius 3 is 1.70 bits per heavy atom. The van der Waals surface area contributed by atoms with Gasteiger partial charge < -0.3 is 23.5 Å². The third kappa shape index (κ3) is 10.1. The first-order valence-electron chi connectivity index (χ1n) is 13.3. The van der Waals surface area contributed by atoms with Crippen molar-refractivity contribution in [3.8, 4) is 17.2 Å². The fourth-order valence-electron chi connectivity index (χ4n) is 3.84. The summed E-state index contributed by atoms with van der Waals surface area (Å²) < 4.78 is 53.4. The molecule has 0 radical (unpaired) electrons. The maximum Gasteiger partial charge on any atom is 0.344 e. The maximum absolute atomic E-state index is 11.9. The van der Waals surface area contributed by atoms with Crippen LogP contribution in [0.5, 0.6) is 17.2 Å². The molecule has 8 nitrogen and oxygen atoms in total. The maximum atomic E-state index is 11.9. The van der Waals surface area contributed by atoms with Crippen LogP contribution in [0.1, 0.15) is 26.3 Å². The van der Waals surface area contributed by atoms with Gasteiger partial charge in [-0.25, -0.2) is 13.2 Å². The van der Waals surface area contributed by atoms with Crippen molar-refractivity contribution < 1.29 is 36.7 Å². The molecule has 0 fully saturated rings. The number of hydrogen-bond donors (Lipinski definition) is 0. The lowest BCUT2D eigenvalue weighted by Gasteiger charge is -2.19. The van der Waals surface area contributed by atoms with Gasteiger partial charge in [0.2, 0.25) is 9.79 Å². The highest BCUT2D eigenvalue weighted by Gasteiger charge is 2.34. The molecule has 0 aromatic heterocycles. The van der Waals surface area contributed by atoms with Crippen molar-refractivity contribution in [1.82, 2.24) is 0 Å². The number of para-hydroxylation sites is 2. The highest BCUT2D eigenvalue weighted by Crippen LogP contribution is 2.40. The third-order valence-corrected chi connectivity index (χ3v) is 8.87. The first-order chi connectivity index (χ1) is 20.3. The number of esters is 1. The first-order valence-corrected chi connectivity index (χ1v) is 15.9. The zero-order valence-corrected chi connectivity index (χ0v) is 26.7. The second-order valence-electron chi connectivity index (χ2n) is 10.2. The van der Waals surface area contributed by atoms with Crippen LogP contribution in [-0.2, 0) is 30.5 Å². The standard InChI is InChI=1S/C26H29O5S.C7H8O3S/c1-26(2,3)31-25(27)18-30-19-14-16-20(17-15-19)32(23-12-8-6-10-21(23)28-4)24-13-9-7-11-22(24)29-5;1-6-2-4-7(5-3-6)11(8,9)10/h6-17H,18H2,1-5H3;2-5H,1H3,(H,8,9,10)/q+1;/p-1. The van der Waals surface area contributed by atoms with Crippen molar-refractivity contribution in [2.45, 2.75) is 52.9 Å². The summed E-state index contributed by atoms with van der Waals surface area (Å²) in [6.07, 6.45) is 0. The van der Waals surface area contributed by atoms with E-state index < -0.39 is 32.6 Å². The Hall–Kier alpha value is -3.99. The van der Waals surface area contributed by atoms with E-state index in [0.29, 0.717) is 5.75 Å². The van der Waals surface area contributed by atoms with Crippen molar-refractivity contribution in [3.63, 3.8) is 0 Å². The molecule has 4 aromatic rings. The first kappa shape index (κ1) is 33.5. The van der Waals surface area contributed by atoms with E-state index in [-0.39, 0.29) is 11.5 Å². The summed E-state index contributed by atoms with van der Waals surface area (Å²) in [5, 5.41) is 0. The summed E-state index contributed by atoms with van der Waals surface area (Å²) in [6, 6.07) is 29.5. The van der Waals surface area contributed by atoms with E-state index in [0.717, 1.165) is 31.7 Å². The molecular formula is C33H36O8S2. The molecule has 4 aromatic carbocycles. The normalized spacial score (nSPS) is 11.3. The largest absolute Gasteiger partial charge is 0.744 e. The minimum Gasteiger partial charge on any atom is -0.744 e. The average molecular weight is 625 g/mol. The van der Waals surface area contributed by atoms with E-state index >= 15 is 0 Å². The van der Waals surface area contributed by atoms with E-state index in [2.05, 4.69) is 12.1 Å². The molecule has 0 heterocycles. The predicted octanol–water partition coefficient (Wildman–Crippen LogP) is 6.42. The highest BCUT2D eigenvalue weighted by molar-refractivity contribution is 7.97. The van der Waals surface area contributed by atoms with Gasteiger partial charge in [-0.2, -0.15) is 0 Å². The van der Waals surface area contributed by atoms with Crippen LogP contribution < -0.4 is 14.2 Å². The van der Waals surface area contributed by atoms with Crippen LogP contribution in [0.25, 0.3) is 0 Å². The number of rotatable bonds is 9. The molecule has 0 unspecified atom stereocenters. The lowest BCUT2D eigenvalue weighted by Crippen LogP contribution is -2.27. The highest BCUT2D eigenvalue weighted by atomic mass is 32.2. The molecular weight excluding hydrogens is 588 g/mol. The van der Waals surface area contributed by atoms with E-state index in [4.69, 9.17) is 18.9 Å². The molecule has 43 heavy (non-hydrogen) atoms. The Labute approximate surface area is 256 Å². The Morgan fingerprint density at radius 1 is 0.767 bits per heavy atom. The minimum absolute atomic E-state index is 0.138. The van der Waals surface area contributed by atoms with Crippen LogP contribution >= 0.6 is 0 Å². The monoisotopic (exact) mass is 624 g/mol. The quantitative estimate of drug-likeness (QED) is 0.119. The molecule has 0 aliphatic carbocycles. The van der Waals surface area contributed by atoms with E-state index in [1.165, 1.54) is 12.1 Å². The van der Waals surface area contributed by atoms with E-state index in [1.54, 1.807) is 26.4 Å². The Morgan fingerprint density at radius 2 is 1.26 bits per heavy atom. The van der Waals surface area contributed by atoms with Crippen LogP contribution in [0.2, 0.25) is 0 Å². The van der Waals surface area contributed by atoms with Gasteiger partial charge in [0, 0.05) is 0 Å². The van der Waals surface area contributed by atoms with Gasteiger partial charge in [-0.15, -0.1) is 0 Å². The summed E-state index contributed by atoms with van der Waals surface area (Å²) in [5.74, 6) is 1.83. The zero-order chi connectivity index (χ0) is 31.6.